The zero-order chi connectivity index (χ0) is 8.97. The van der Waals surface area contributed by atoms with Crippen LogP contribution in [-0.2, 0) is 0 Å². The summed E-state index contributed by atoms with van der Waals surface area (Å²) < 4.78 is 0. The normalized spacial score (nSPS) is 11.2. The summed E-state index contributed by atoms with van der Waals surface area (Å²) in [6.07, 6.45) is 0.829. The number of hydrogen-bond donors (Lipinski definition) is 1. The van der Waals surface area contributed by atoms with Gasteiger partial charge in [0.05, 0.1) is 6.26 Å². The van der Waals surface area contributed by atoms with Crippen LogP contribution in [0.15, 0.2) is 42.2 Å². The van der Waals surface area contributed by atoms with E-state index in [0.717, 1.165) is 6.26 Å². The van der Waals surface area contributed by atoms with E-state index in [9.17, 15) is 4.79 Å². The van der Waals surface area contributed by atoms with Crippen molar-refractivity contribution < 1.29 is 9.90 Å². The number of Topliss-reactive ketones (excluding diaryl/α,β-unsaturated/α-hetero) is 1. The molecule has 0 aromatic heterocycles. The van der Waals surface area contributed by atoms with E-state index >= 15 is 0 Å². The fourth-order valence-electron chi connectivity index (χ4n) is 0.876. The summed E-state index contributed by atoms with van der Waals surface area (Å²) in [7, 11) is 0. The molecule has 0 bridgehead atoms. The molecule has 0 aliphatic carbocycles. The van der Waals surface area contributed by atoms with Gasteiger partial charge in [0.15, 0.2) is 5.78 Å². The summed E-state index contributed by atoms with van der Waals surface area (Å²) in [6.45, 7) is 1.58. The number of benzene rings is 1. The summed E-state index contributed by atoms with van der Waals surface area (Å²) in [5.74, 6) is -0.141. The van der Waals surface area contributed by atoms with E-state index in [2.05, 4.69) is 0 Å². The molecule has 0 aliphatic rings. The van der Waals surface area contributed by atoms with Crippen LogP contribution in [0.4, 0.5) is 0 Å². The number of aliphatic hydroxyl groups is 1. The maximum Gasteiger partial charge on any atom is 0.191 e. The average Bonchev–Trinajstić information content (AvgIpc) is 2.17. The predicted molar refractivity (Wildman–Crippen MR) is 47.2 cm³/mol. The van der Waals surface area contributed by atoms with Crippen molar-refractivity contribution >= 4 is 5.78 Å². The van der Waals surface area contributed by atoms with E-state index in [1.54, 1.807) is 31.2 Å². The Balaban J connectivity index is 2.94. The van der Waals surface area contributed by atoms with Crippen LogP contribution >= 0.6 is 0 Å². The van der Waals surface area contributed by atoms with E-state index in [1.165, 1.54) is 0 Å². The molecule has 1 aromatic rings. The number of hydrogen-bond acceptors (Lipinski definition) is 2. The molecule has 1 rings (SSSR count). The fraction of sp³-hybridized carbons (Fsp3) is 0.100. The molecule has 0 saturated carbocycles. The van der Waals surface area contributed by atoms with Gasteiger partial charge in [0.1, 0.15) is 0 Å². The maximum absolute atomic E-state index is 11.3. The summed E-state index contributed by atoms with van der Waals surface area (Å²) >= 11 is 0. The van der Waals surface area contributed by atoms with Gasteiger partial charge in [-0.3, -0.25) is 4.79 Å². The molecule has 0 fully saturated rings. The van der Waals surface area contributed by atoms with E-state index < -0.39 is 0 Å². The summed E-state index contributed by atoms with van der Waals surface area (Å²) in [4.78, 5) is 11.3. The molecule has 1 aromatic carbocycles. The molecule has 0 spiro atoms. The molecule has 0 amide bonds. The number of carbonyl (C=O) groups excluding carboxylic acids is 1. The second-order valence-corrected chi connectivity index (χ2v) is 2.51. The first kappa shape index (κ1) is 8.53. The lowest BCUT2D eigenvalue weighted by Gasteiger charge is -1.97. The smallest absolute Gasteiger partial charge is 0.191 e. The Hall–Kier alpha value is -1.57. The predicted octanol–water partition coefficient (Wildman–Crippen LogP) is 2.33. The van der Waals surface area contributed by atoms with Gasteiger partial charge in [-0.1, -0.05) is 30.3 Å². The second-order valence-electron chi connectivity index (χ2n) is 2.51. The molecule has 1 N–H and O–H groups in total. The number of ketones is 1. The van der Waals surface area contributed by atoms with Gasteiger partial charge < -0.3 is 5.11 Å². The Kier molecular flexibility index (Phi) is 2.64. The van der Waals surface area contributed by atoms with Gasteiger partial charge in [-0.2, -0.15) is 0 Å². The minimum Gasteiger partial charge on any atom is -0.515 e. The molecule has 2 nitrogen and oxygen atoms in total. The molecule has 0 heterocycles. The highest BCUT2D eigenvalue weighted by Gasteiger charge is 2.05. The summed E-state index contributed by atoms with van der Waals surface area (Å²) in [5, 5.41) is 8.58. The van der Waals surface area contributed by atoms with E-state index in [0.29, 0.717) is 11.1 Å². The first-order chi connectivity index (χ1) is 5.75. The molecule has 12 heavy (non-hydrogen) atoms. The number of carbonyl (C=O) groups is 1. The summed E-state index contributed by atoms with van der Waals surface area (Å²) in [6, 6.07) is 8.86. The largest absolute Gasteiger partial charge is 0.515 e. The lowest BCUT2D eigenvalue weighted by molar-refractivity contribution is 0.103. The molecule has 0 aliphatic heterocycles. The topological polar surface area (TPSA) is 37.3 Å². The average molecular weight is 162 g/mol. The van der Waals surface area contributed by atoms with Crippen molar-refractivity contribution in [2.75, 3.05) is 0 Å². The van der Waals surface area contributed by atoms with Gasteiger partial charge in [0.25, 0.3) is 0 Å². The third-order valence-electron chi connectivity index (χ3n) is 1.59. The van der Waals surface area contributed by atoms with Crippen molar-refractivity contribution in [3.8, 4) is 0 Å². The molecule has 2 heteroatoms. The molecule has 0 radical (unpaired) electrons. The van der Waals surface area contributed by atoms with E-state index in [-0.39, 0.29) is 5.78 Å². The van der Waals surface area contributed by atoms with E-state index in [1.807, 2.05) is 6.07 Å². The van der Waals surface area contributed by atoms with Gasteiger partial charge in [-0.15, -0.1) is 0 Å². The second kappa shape index (κ2) is 3.72. The fourth-order valence-corrected chi connectivity index (χ4v) is 0.876. The van der Waals surface area contributed by atoms with Crippen molar-refractivity contribution in [1.82, 2.24) is 0 Å². The van der Waals surface area contributed by atoms with Crippen LogP contribution < -0.4 is 0 Å². The zero-order valence-electron chi connectivity index (χ0n) is 6.82. The minimum absolute atomic E-state index is 0.141. The van der Waals surface area contributed by atoms with Crippen LogP contribution in [0.5, 0.6) is 0 Å². The highest BCUT2D eigenvalue weighted by atomic mass is 16.2. The number of aliphatic hydroxyl groups excluding tert-OH is 1. The first-order valence-corrected chi connectivity index (χ1v) is 3.66. The molecule has 0 atom stereocenters. The third-order valence-corrected chi connectivity index (χ3v) is 1.59. The van der Waals surface area contributed by atoms with Crippen molar-refractivity contribution in [2.45, 2.75) is 6.92 Å². The number of rotatable bonds is 2. The van der Waals surface area contributed by atoms with Crippen molar-refractivity contribution in [2.24, 2.45) is 0 Å². The quantitative estimate of drug-likeness (QED) is 0.411. The zero-order valence-corrected chi connectivity index (χ0v) is 6.82. The van der Waals surface area contributed by atoms with Gasteiger partial charge in [-0.05, 0) is 6.92 Å². The highest BCUT2D eigenvalue weighted by molar-refractivity contribution is 6.08. The van der Waals surface area contributed by atoms with Crippen LogP contribution in [0.1, 0.15) is 17.3 Å². The Morgan fingerprint density at radius 3 is 2.42 bits per heavy atom. The van der Waals surface area contributed by atoms with Gasteiger partial charge in [-0.25, -0.2) is 0 Å². The Bertz CT molecular complexity index is 299. The minimum atomic E-state index is -0.141. The Labute approximate surface area is 71.2 Å². The van der Waals surface area contributed by atoms with Gasteiger partial charge >= 0.3 is 0 Å². The van der Waals surface area contributed by atoms with Crippen LogP contribution in [-0.4, -0.2) is 10.9 Å². The molecular weight excluding hydrogens is 152 g/mol. The molecule has 62 valence electrons. The lowest BCUT2D eigenvalue weighted by Crippen LogP contribution is -1.99. The van der Waals surface area contributed by atoms with Gasteiger partial charge in [0, 0.05) is 11.1 Å². The van der Waals surface area contributed by atoms with Gasteiger partial charge in [0.2, 0.25) is 0 Å². The lowest BCUT2D eigenvalue weighted by atomic mass is 10.1. The van der Waals surface area contributed by atoms with E-state index in [4.69, 9.17) is 5.11 Å². The van der Waals surface area contributed by atoms with Crippen molar-refractivity contribution in [3.63, 3.8) is 0 Å². The van der Waals surface area contributed by atoms with Crippen LogP contribution in [0.3, 0.4) is 0 Å². The van der Waals surface area contributed by atoms with Crippen LogP contribution in [0, 0.1) is 0 Å². The highest BCUT2D eigenvalue weighted by Crippen LogP contribution is 2.06. The molecular formula is C10H10O2. The van der Waals surface area contributed by atoms with Crippen LogP contribution in [0.25, 0.3) is 0 Å². The molecule has 0 saturated heterocycles. The summed E-state index contributed by atoms with van der Waals surface area (Å²) in [5.41, 5.74) is 0.946. The first-order valence-electron chi connectivity index (χ1n) is 3.66. The SMILES string of the molecule is C/C(=C/O)C(=O)c1ccccc1. The monoisotopic (exact) mass is 162 g/mol. The maximum atomic E-state index is 11.3. The number of allylic oxidation sites excluding steroid dienone is 1. The third kappa shape index (κ3) is 1.72. The standard InChI is InChI=1S/C10H10O2/c1-8(7-11)10(12)9-5-3-2-4-6-9/h2-7,11H,1H3/b8-7-. The van der Waals surface area contributed by atoms with Crippen LogP contribution in [0.2, 0.25) is 0 Å². The molecule has 0 unspecified atom stereocenters. The Morgan fingerprint density at radius 2 is 1.92 bits per heavy atom. The Morgan fingerprint density at radius 1 is 1.33 bits per heavy atom. The van der Waals surface area contributed by atoms with Crippen molar-refractivity contribution in [3.05, 3.63) is 47.7 Å². The van der Waals surface area contributed by atoms with Crippen molar-refractivity contribution in [1.29, 1.82) is 0 Å².